The Labute approximate surface area is 95.0 Å². The van der Waals surface area contributed by atoms with Crippen LogP contribution in [0.3, 0.4) is 0 Å². The minimum atomic E-state index is -1.79. The fraction of sp³-hybridized carbons (Fsp3) is 0.300. The highest BCUT2D eigenvalue weighted by Crippen LogP contribution is 2.32. The molecule has 2 aromatic rings. The number of aliphatic hydroxyl groups is 1. The minimum Gasteiger partial charge on any atom is -0.364 e. The van der Waals surface area contributed by atoms with Gasteiger partial charge in [-0.3, -0.25) is 0 Å². The van der Waals surface area contributed by atoms with Crippen molar-refractivity contribution in [1.82, 2.24) is 4.98 Å². The Morgan fingerprint density at radius 3 is 2.93 bits per heavy atom. The Balaban J connectivity index is 2.32. The molecular weight excluding hydrogens is 233 g/mol. The van der Waals surface area contributed by atoms with Crippen LogP contribution in [0.1, 0.15) is 11.3 Å². The van der Waals surface area contributed by atoms with Crippen LogP contribution in [0, 0.1) is 6.92 Å². The molecule has 2 rings (SSSR count). The number of aromatic nitrogens is 1. The Bertz CT molecular complexity index is 450. The molecule has 0 bridgehead atoms. The number of alkyl halides is 1. The van der Waals surface area contributed by atoms with Gasteiger partial charge in [0.1, 0.15) is 5.01 Å². The largest absolute Gasteiger partial charge is 0.364 e. The number of thiophene rings is 1. The lowest BCUT2D eigenvalue weighted by Crippen LogP contribution is -2.01. The number of nitrogens with zero attached hydrogens (tertiary/aromatic N) is 1. The molecule has 0 saturated carbocycles. The molecule has 0 aliphatic heterocycles. The van der Waals surface area contributed by atoms with E-state index in [1.807, 2.05) is 23.8 Å². The summed E-state index contributed by atoms with van der Waals surface area (Å²) in [5, 5.41) is 13.5. The summed E-state index contributed by atoms with van der Waals surface area (Å²) < 4.78 is 12.5. The zero-order chi connectivity index (χ0) is 10.8. The molecule has 15 heavy (non-hydrogen) atoms. The smallest absolute Gasteiger partial charge is 0.200 e. The first-order valence-electron chi connectivity index (χ1n) is 4.48. The first-order valence-corrected chi connectivity index (χ1v) is 6.24. The van der Waals surface area contributed by atoms with Crippen molar-refractivity contribution in [2.24, 2.45) is 0 Å². The second-order valence-corrected chi connectivity index (χ2v) is 4.98. The van der Waals surface area contributed by atoms with Gasteiger partial charge in [-0.2, -0.15) is 0 Å². The van der Waals surface area contributed by atoms with E-state index in [0.29, 0.717) is 0 Å². The third-order valence-electron chi connectivity index (χ3n) is 1.95. The average Bonchev–Trinajstić information content (AvgIpc) is 2.72. The molecule has 0 aliphatic carbocycles. The molecule has 0 fully saturated rings. The Morgan fingerprint density at radius 2 is 2.33 bits per heavy atom. The lowest BCUT2D eigenvalue weighted by molar-refractivity contribution is 0.0431. The minimum absolute atomic E-state index is 0.0391. The van der Waals surface area contributed by atoms with Gasteiger partial charge in [-0.15, -0.1) is 22.7 Å². The van der Waals surface area contributed by atoms with E-state index < -0.39 is 6.36 Å². The van der Waals surface area contributed by atoms with Crippen molar-refractivity contribution in [2.75, 3.05) is 0 Å². The van der Waals surface area contributed by atoms with Gasteiger partial charge in [-0.25, -0.2) is 9.37 Å². The average molecular weight is 243 g/mol. The normalized spacial score (nSPS) is 13.0. The summed E-state index contributed by atoms with van der Waals surface area (Å²) in [5.41, 5.74) is 1.79. The lowest BCUT2D eigenvalue weighted by Gasteiger charge is -2.01. The van der Waals surface area contributed by atoms with Crippen molar-refractivity contribution in [3.8, 4) is 9.88 Å². The number of thiazole rings is 1. The van der Waals surface area contributed by atoms with Gasteiger partial charge in [0.25, 0.3) is 0 Å². The van der Waals surface area contributed by atoms with Gasteiger partial charge in [-0.1, -0.05) is 0 Å². The van der Waals surface area contributed by atoms with Crippen LogP contribution in [0.5, 0.6) is 0 Å². The van der Waals surface area contributed by atoms with Crippen LogP contribution in [-0.4, -0.2) is 16.4 Å². The van der Waals surface area contributed by atoms with E-state index in [9.17, 15) is 4.39 Å². The number of hydrogen-bond donors (Lipinski definition) is 1. The monoisotopic (exact) mass is 243 g/mol. The maximum Gasteiger partial charge on any atom is 0.200 e. The summed E-state index contributed by atoms with van der Waals surface area (Å²) >= 11 is 3.07. The maximum atomic E-state index is 12.5. The number of rotatable bonds is 3. The zero-order valence-electron chi connectivity index (χ0n) is 8.11. The van der Waals surface area contributed by atoms with Crippen LogP contribution >= 0.6 is 22.7 Å². The number of halogens is 1. The molecule has 2 nitrogen and oxygen atoms in total. The summed E-state index contributed by atoms with van der Waals surface area (Å²) in [4.78, 5) is 5.31. The molecule has 80 valence electrons. The van der Waals surface area contributed by atoms with E-state index in [-0.39, 0.29) is 6.42 Å². The van der Waals surface area contributed by atoms with E-state index in [0.717, 1.165) is 21.1 Å². The van der Waals surface area contributed by atoms with Gasteiger partial charge in [0.05, 0.1) is 4.88 Å². The molecule has 2 heterocycles. The van der Waals surface area contributed by atoms with Gasteiger partial charge in [0, 0.05) is 17.5 Å². The van der Waals surface area contributed by atoms with Crippen molar-refractivity contribution in [3.05, 3.63) is 28.1 Å². The molecule has 0 aliphatic rings. The Kier molecular flexibility index (Phi) is 3.14. The maximum absolute atomic E-state index is 12.5. The Hall–Kier alpha value is -0.780. The molecule has 0 radical (unpaired) electrons. The summed E-state index contributed by atoms with van der Waals surface area (Å²) in [6.07, 6.45) is -1.75. The van der Waals surface area contributed by atoms with Gasteiger partial charge < -0.3 is 5.11 Å². The van der Waals surface area contributed by atoms with Gasteiger partial charge in [0.2, 0.25) is 0 Å². The van der Waals surface area contributed by atoms with Crippen molar-refractivity contribution < 1.29 is 9.50 Å². The topological polar surface area (TPSA) is 33.1 Å². The van der Waals surface area contributed by atoms with Crippen LogP contribution in [-0.2, 0) is 6.42 Å². The van der Waals surface area contributed by atoms with E-state index in [2.05, 4.69) is 4.98 Å². The highest BCUT2D eigenvalue weighted by atomic mass is 32.1. The second kappa shape index (κ2) is 4.38. The van der Waals surface area contributed by atoms with Gasteiger partial charge in [0.15, 0.2) is 6.36 Å². The van der Waals surface area contributed by atoms with Crippen molar-refractivity contribution in [3.63, 3.8) is 0 Å². The van der Waals surface area contributed by atoms with Crippen molar-refractivity contribution >= 4 is 22.7 Å². The number of hydrogen-bond acceptors (Lipinski definition) is 4. The highest BCUT2D eigenvalue weighted by Gasteiger charge is 2.13. The van der Waals surface area contributed by atoms with Crippen LogP contribution < -0.4 is 0 Å². The first-order chi connectivity index (χ1) is 7.16. The van der Waals surface area contributed by atoms with E-state index >= 15 is 0 Å². The summed E-state index contributed by atoms with van der Waals surface area (Å²) in [5.74, 6) is 0. The molecule has 1 unspecified atom stereocenters. The quantitative estimate of drug-likeness (QED) is 0.899. The molecule has 0 saturated heterocycles. The first kappa shape index (κ1) is 10.7. The molecule has 0 spiro atoms. The van der Waals surface area contributed by atoms with Crippen molar-refractivity contribution in [2.45, 2.75) is 19.7 Å². The Morgan fingerprint density at radius 1 is 1.53 bits per heavy atom. The van der Waals surface area contributed by atoms with E-state index in [1.54, 1.807) is 11.3 Å². The van der Waals surface area contributed by atoms with Crippen LogP contribution in [0.2, 0.25) is 0 Å². The molecule has 5 heteroatoms. The second-order valence-electron chi connectivity index (χ2n) is 3.21. The van der Waals surface area contributed by atoms with Gasteiger partial charge >= 0.3 is 0 Å². The lowest BCUT2D eigenvalue weighted by atomic mass is 10.2. The van der Waals surface area contributed by atoms with Crippen LogP contribution in [0.25, 0.3) is 9.88 Å². The predicted octanol–water partition coefficient (Wildman–Crippen LogP) is 3.01. The number of aliphatic hydroxyl groups excluding tert-OH is 1. The highest BCUT2D eigenvalue weighted by molar-refractivity contribution is 7.20. The molecule has 1 N–H and O–H groups in total. The fourth-order valence-electron chi connectivity index (χ4n) is 1.32. The molecular formula is C10H10FNOS2. The summed E-state index contributed by atoms with van der Waals surface area (Å²) in [6, 6.07) is 1.83. The summed E-state index contributed by atoms with van der Waals surface area (Å²) in [6.45, 7) is 1.93. The third-order valence-corrected chi connectivity index (χ3v) is 4.02. The molecule has 0 amide bonds. The van der Waals surface area contributed by atoms with E-state index in [1.165, 1.54) is 11.3 Å². The SMILES string of the molecule is Cc1csc(-c2sccc2CC(O)F)n1. The van der Waals surface area contributed by atoms with Crippen molar-refractivity contribution in [1.29, 1.82) is 0 Å². The summed E-state index contributed by atoms with van der Waals surface area (Å²) in [7, 11) is 0. The number of aryl methyl sites for hydroxylation is 1. The van der Waals surface area contributed by atoms with Crippen LogP contribution in [0.15, 0.2) is 16.8 Å². The predicted molar refractivity (Wildman–Crippen MR) is 61.0 cm³/mol. The molecule has 2 aromatic heterocycles. The molecule has 1 atom stereocenters. The van der Waals surface area contributed by atoms with Gasteiger partial charge in [-0.05, 0) is 23.9 Å². The third kappa shape index (κ3) is 2.42. The van der Waals surface area contributed by atoms with E-state index in [4.69, 9.17) is 5.11 Å². The standard InChI is InChI=1S/C10H10FNOS2/c1-6-5-15-10(12-6)9-7(2-3-14-9)4-8(11)13/h2-3,5,8,13H,4H2,1H3. The zero-order valence-corrected chi connectivity index (χ0v) is 9.74. The fourth-order valence-corrected chi connectivity index (χ4v) is 3.20. The van der Waals surface area contributed by atoms with Crippen LogP contribution in [0.4, 0.5) is 4.39 Å². The molecule has 0 aromatic carbocycles.